The van der Waals surface area contributed by atoms with Gasteiger partial charge in [0.25, 0.3) is 5.91 Å². The van der Waals surface area contributed by atoms with Crippen molar-refractivity contribution in [3.63, 3.8) is 0 Å². The molecule has 0 spiro atoms. The van der Waals surface area contributed by atoms with Crippen molar-refractivity contribution in [3.05, 3.63) is 87.8 Å². The minimum atomic E-state index is -1.57. The quantitative estimate of drug-likeness (QED) is 0.204. The van der Waals surface area contributed by atoms with E-state index in [1.807, 2.05) is 48.2 Å². The molecule has 7 rings (SSSR count). The third-order valence-corrected chi connectivity index (χ3v) is 10.6. The Morgan fingerprint density at radius 2 is 1.82 bits per heavy atom. The monoisotopic (exact) mass is 624 g/mol. The molecular weight excluding hydrogens is 588 g/mol. The van der Waals surface area contributed by atoms with E-state index in [2.05, 4.69) is 10.6 Å². The molecule has 0 radical (unpaired) electrons. The number of nitrogens with one attached hydrogen (secondary N) is 2. The van der Waals surface area contributed by atoms with Gasteiger partial charge in [0.2, 0.25) is 5.91 Å². The van der Waals surface area contributed by atoms with E-state index in [1.165, 1.54) is 11.3 Å². The minimum absolute atomic E-state index is 0.0800. The number of aryl methyl sites for hydroxylation is 1. The van der Waals surface area contributed by atoms with Crippen molar-refractivity contribution in [1.29, 1.82) is 0 Å². The first-order valence-electron chi connectivity index (χ1n) is 15.3. The Morgan fingerprint density at radius 3 is 2.53 bits per heavy atom. The summed E-state index contributed by atoms with van der Waals surface area (Å²) >= 11 is 1.22. The summed E-state index contributed by atoms with van der Waals surface area (Å²) < 4.78 is 6.68. The lowest BCUT2D eigenvalue weighted by molar-refractivity contribution is -0.136. The van der Waals surface area contributed by atoms with E-state index < -0.39 is 17.4 Å². The Bertz CT molecular complexity index is 1840. The minimum Gasteiger partial charge on any atom is -0.457 e. The number of Topliss-reactive ketones (excluding diaryl/α,β-unsaturated/α-hetero) is 1. The van der Waals surface area contributed by atoms with Crippen molar-refractivity contribution in [1.82, 2.24) is 15.5 Å². The number of nitrogen functional groups attached to an aromatic ring is 1. The van der Waals surface area contributed by atoms with Crippen LogP contribution in [0.15, 0.2) is 60.7 Å². The lowest BCUT2D eigenvalue weighted by atomic mass is 9.69. The normalized spacial score (nSPS) is 24.3. The van der Waals surface area contributed by atoms with E-state index in [4.69, 9.17) is 21.9 Å². The number of hydrogen-bond acceptors (Lipinski definition) is 9. The number of rotatable bonds is 6. The second kappa shape index (κ2) is 11.3. The van der Waals surface area contributed by atoms with Crippen LogP contribution in [0.5, 0.6) is 11.5 Å². The molecule has 3 aliphatic rings. The maximum Gasteiger partial charge on any atom is 0.262 e. The number of ether oxygens (including phenoxy) is 1. The van der Waals surface area contributed by atoms with Gasteiger partial charge in [-0.05, 0) is 79.8 Å². The lowest BCUT2D eigenvalue weighted by Gasteiger charge is -2.38. The van der Waals surface area contributed by atoms with Gasteiger partial charge < -0.3 is 37.5 Å². The second-order valence-electron chi connectivity index (χ2n) is 12.2. The number of benzene rings is 3. The van der Waals surface area contributed by atoms with Crippen molar-refractivity contribution in [2.75, 3.05) is 25.4 Å². The summed E-state index contributed by atoms with van der Waals surface area (Å²) in [6, 6.07) is 16.9. The summed E-state index contributed by atoms with van der Waals surface area (Å²) in [4.78, 5) is 43.1. The standard InChI is InChI=1S/C34H36N6O4S/c1-18-16-21(44-20-7-3-2-4-8-20)9-10-22(18)34(37)23-11-12-24(35)29-26(23)27(28(36)31(34)41)30(45-29)32(42)39-19-6-5-15-40(17-19)33(43)25-13-14-38-25/h2-4,7-12,16,19,25,28,38H,5-6,13-15,17,35-37H2,1H3,(H,39,42)/t19-,25+,28?,34?/m1/s1. The van der Waals surface area contributed by atoms with Crippen LogP contribution in [0, 0.1) is 6.92 Å². The number of nitrogens with zero attached hydrogens (tertiary/aromatic N) is 1. The average molecular weight is 625 g/mol. The van der Waals surface area contributed by atoms with Gasteiger partial charge >= 0.3 is 0 Å². The summed E-state index contributed by atoms with van der Waals surface area (Å²) in [6.45, 7) is 3.85. The van der Waals surface area contributed by atoms with E-state index in [9.17, 15) is 14.4 Å². The molecule has 4 aromatic rings. The molecule has 4 atom stereocenters. The highest BCUT2D eigenvalue weighted by atomic mass is 32.1. The molecule has 11 heteroatoms. The highest BCUT2D eigenvalue weighted by Crippen LogP contribution is 2.50. The first kappa shape index (κ1) is 29.4. The van der Waals surface area contributed by atoms with E-state index in [-0.39, 0.29) is 23.9 Å². The molecule has 3 heterocycles. The Kier molecular flexibility index (Phi) is 7.36. The number of thiophene rings is 1. The average Bonchev–Trinajstić information content (AvgIpc) is 3.41. The van der Waals surface area contributed by atoms with Crippen LogP contribution in [0.4, 0.5) is 5.69 Å². The zero-order valence-electron chi connectivity index (χ0n) is 25.0. The molecular formula is C34H36N6O4S. The molecule has 45 heavy (non-hydrogen) atoms. The van der Waals surface area contributed by atoms with Crippen LogP contribution in [-0.4, -0.2) is 54.2 Å². The summed E-state index contributed by atoms with van der Waals surface area (Å²) in [6.07, 6.45) is 2.38. The number of carbonyl (C=O) groups excluding carboxylic acids is 3. The summed E-state index contributed by atoms with van der Waals surface area (Å²) in [7, 11) is 0. The van der Waals surface area contributed by atoms with Gasteiger partial charge in [-0.1, -0.05) is 30.3 Å². The van der Waals surface area contributed by atoms with E-state index in [1.54, 1.807) is 24.3 Å². The van der Waals surface area contributed by atoms with Crippen LogP contribution < -0.4 is 32.6 Å². The highest BCUT2D eigenvalue weighted by Gasteiger charge is 2.49. The molecule has 1 aliphatic carbocycles. The van der Waals surface area contributed by atoms with Crippen LogP contribution in [0.2, 0.25) is 0 Å². The molecule has 2 saturated heterocycles. The number of likely N-dealkylation sites (tertiary alicyclic amines) is 1. The van der Waals surface area contributed by atoms with Gasteiger partial charge in [-0.3, -0.25) is 14.4 Å². The van der Waals surface area contributed by atoms with Crippen molar-refractivity contribution in [3.8, 4) is 11.5 Å². The van der Waals surface area contributed by atoms with Gasteiger partial charge in [0.05, 0.1) is 21.7 Å². The van der Waals surface area contributed by atoms with Gasteiger partial charge in [-0.25, -0.2) is 0 Å². The molecule has 2 unspecified atom stereocenters. The molecule has 0 saturated carbocycles. The predicted octanol–water partition coefficient (Wildman–Crippen LogP) is 3.45. The van der Waals surface area contributed by atoms with Crippen LogP contribution in [-0.2, 0) is 15.1 Å². The van der Waals surface area contributed by atoms with Gasteiger partial charge in [0.15, 0.2) is 5.78 Å². The molecule has 2 fully saturated rings. The number of para-hydroxylation sites is 1. The number of hydrogen-bond donors (Lipinski definition) is 5. The summed E-state index contributed by atoms with van der Waals surface area (Å²) in [5.41, 5.74) is 21.5. The maximum atomic E-state index is 14.3. The second-order valence-corrected chi connectivity index (χ2v) is 13.2. The van der Waals surface area contributed by atoms with Crippen molar-refractivity contribution < 1.29 is 19.1 Å². The summed E-state index contributed by atoms with van der Waals surface area (Å²) in [5, 5.41) is 6.94. The molecule has 1 aromatic heterocycles. The highest BCUT2D eigenvalue weighted by molar-refractivity contribution is 7.21. The smallest absolute Gasteiger partial charge is 0.262 e. The number of piperidine rings is 1. The van der Waals surface area contributed by atoms with Crippen LogP contribution in [0.25, 0.3) is 10.1 Å². The van der Waals surface area contributed by atoms with Crippen molar-refractivity contribution >= 4 is 44.7 Å². The van der Waals surface area contributed by atoms with Crippen molar-refractivity contribution in [2.45, 2.75) is 49.9 Å². The van der Waals surface area contributed by atoms with Crippen LogP contribution >= 0.6 is 11.3 Å². The van der Waals surface area contributed by atoms with E-state index in [0.717, 1.165) is 31.4 Å². The molecule has 232 valence electrons. The summed E-state index contributed by atoms with van der Waals surface area (Å²) in [5.74, 6) is 0.652. The number of anilines is 1. The largest absolute Gasteiger partial charge is 0.457 e. The predicted molar refractivity (Wildman–Crippen MR) is 174 cm³/mol. The zero-order valence-corrected chi connectivity index (χ0v) is 25.8. The Hall–Kier alpha value is -4.29. The lowest BCUT2D eigenvalue weighted by Crippen LogP contribution is -2.58. The van der Waals surface area contributed by atoms with Crippen molar-refractivity contribution in [2.24, 2.45) is 11.5 Å². The van der Waals surface area contributed by atoms with Gasteiger partial charge in [0, 0.05) is 35.8 Å². The number of carbonyl (C=O) groups is 3. The molecule has 10 nitrogen and oxygen atoms in total. The number of ketones is 1. The van der Waals surface area contributed by atoms with Crippen LogP contribution in [0.3, 0.4) is 0 Å². The third kappa shape index (κ3) is 4.87. The number of nitrogens with two attached hydrogens (primary N) is 3. The molecule has 3 aromatic carbocycles. The first-order valence-corrected chi connectivity index (χ1v) is 16.1. The Morgan fingerprint density at radius 1 is 1.07 bits per heavy atom. The Balaban J connectivity index is 1.23. The molecule has 0 bridgehead atoms. The fourth-order valence-corrected chi connectivity index (χ4v) is 8.06. The third-order valence-electron chi connectivity index (χ3n) is 9.31. The van der Waals surface area contributed by atoms with E-state index >= 15 is 0 Å². The molecule has 8 N–H and O–H groups in total. The van der Waals surface area contributed by atoms with Gasteiger partial charge in [-0.15, -0.1) is 11.3 Å². The van der Waals surface area contributed by atoms with E-state index in [0.29, 0.717) is 61.9 Å². The fourth-order valence-electron chi connectivity index (χ4n) is 6.86. The number of amides is 2. The fraction of sp³-hybridized carbons (Fsp3) is 0.324. The zero-order chi connectivity index (χ0) is 31.5. The van der Waals surface area contributed by atoms with Gasteiger partial charge in [0.1, 0.15) is 17.0 Å². The first-order chi connectivity index (χ1) is 21.7. The molecule has 2 amide bonds. The maximum absolute atomic E-state index is 14.3. The molecule has 2 aliphatic heterocycles. The van der Waals surface area contributed by atoms with Crippen LogP contribution in [0.1, 0.15) is 57.2 Å². The SMILES string of the molecule is Cc1cc(Oc2ccccc2)ccc1C1(N)C(=O)C(N)c2c(C(=O)N[C@@H]3CCCN(C(=O)[C@@H]4CCN4)C3)sc3c(N)ccc1c23. The topological polar surface area (TPSA) is 166 Å². The Labute approximate surface area is 264 Å². The van der Waals surface area contributed by atoms with Gasteiger partial charge in [-0.2, -0.15) is 0 Å².